The van der Waals surface area contributed by atoms with E-state index in [0.29, 0.717) is 22.5 Å². The fourth-order valence-electron chi connectivity index (χ4n) is 2.03. The van der Waals surface area contributed by atoms with Crippen LogP contribution in [0.2, 0.25) is 0 Å². The van der Waals surface area contributed by atoms with Crippen LogP contribution < -0.4 is 4.74 Å². The number of amides is 1. The number of ether oxygens (including phenoxy) is 1. The van der Waals surface area contributed by atoms with Gasteiger partial charge in [0.2, 0.25) is 0 Å². The first-order valence-corrected chi connectivity index (χ1v) is 7.21. The normalized spacial score (nSPS) is 10.4. The van der Waals surface area contributed by atoms with Crippen molar-refractivity contribution in [2.45, 2.75) is 6.54 Å². The van der Waals surface area contributed by atoms with Crippen LogP contribution in [0.3, 0.4) is 0 Å². The van der Waals surface area contributed by atoms with Crippen molar-refractivity contribution in [1.82, 2.24) is 4.90 Å². The number of para-hydroxylation sites is 1. The molecule has 0 aliphatic rings. The number of benzene rings is 1. The lowest BCUT2D eigenvalue weighted by Crippen LogP contribution is -2.33. The Bertz CT molecular complexity index is 611. The van der Waals surface area contributed by atoms with Gasteiger partial charge in [-0.2, -0.15) is 0 Å². The van der Waals surface area contributed by atoms with Crippen molar-refractivity contribution < 1.29 is 19.1 Å². The van der Waals surface area contributed by atoms with E-state index in [4.69, 9.17) is 9.15 Å². The number of hydrogen-bond donors (Lipinski definition) is 1. The topological polar surface area (TPSA) is 62.9 Å². The molecule has 0 bridgehead atoms. The van der Waals surface area contributed by atoms with Crippen molar-refractivity contribution >= 4 is 21.8 Å². The molecule has 0 spiro atoms. The van der Waals surface area contributed by atoms with Gasteiger partial charge in [0.25, 0.3) is 5.91 Å². The maximum Gasteiger partial charge on any atom is 0.258 e. The van der Waals surface area contributed by atoms with Crippen LogP contribution in [0.5, 0.6) is 5.75 Å². The SMILES string of the molecule is COc1ccccc1CN(CCO)C(=O)c1ccoc1Br. The average Bonchev–Trinajstić information content (AvgIpc) is 2.92. The highest BCUT2D eigenvalue weighted by Crippen LogP contribution is 2.23. The molecular weight excluding hydrogens is 338 g/mol. The van der Waals surface area contributed by atoms with Crippen molar-refractivity contribution in [2.75, 3.05) is 20.3 Å². The summed E-state index contributed by atoms with van der Waals surface area (Å²) in [4.78, 5) is 14.1. The summed E-state index contributed by atoms with van der Waals surface area (Å²) < 4.78 is 10.8. The first-order valence-electron chi connectivity index (χ1n) is 6.42. The first-order chi connectivity index (χ1) is 10.2. The third kappa shape index (κ3) is 3.65. The van der Waals surface area contributed by atoms with Gasteiger partial charge in [0.1, 0.15) is 5.75 Å². The summed E-state index contributed by atoms with van der Waals surface area (Å²) in [5, 5.41) is 9.20. The fourth-order valence-corrected chi connectivity index (χ4v) is 2.44. The molecular formula is C15H16BrNO4. The quantitative estimate of drug-likeness (QED) is 0.867. The molecule has 5 nitrogen and oxygen atoms in total. The zero-order valence-corrected chi connectivity index (χ0v) is 13.2. The largest absolute Gasteiger partial charge is 0.496 e. The van der Waals surface area contributed by atoms with Crippen LogP contribution in [0.15, 0.2) is 45.7 Å². The molecule has 0 saturated heterocycles. The van der Waals surface area contributed by atoms with Crippen LogP contribution in [0.1, 0.15) is 15.9 Å². The Kier molecular flexibility index (Phi) is 5.41. The minimum absolute atomic E-state index is 0.115. The Morgan fingerprint density at radius 3 is 2.76 bits per heavy atom. The number of nitrogens with zero attached hydrogens (tertiary/aromatic N) is 1. The number of furan rings is 1. The maximum atomic E-state index is 12.5. The van der Waals surface area contributed by atoms with E-state index in [2.05, 4.69) is 15.9 Å². The van der Waals surface area contributed by atoms with E-state index in [1.54, 1.807) is 18.1 Å². The highest BCUT2D eigenvalue weighted by molar-refractivity contribution is 9.10. The van der Waals surface area contributed by atoms with E-state index in [1.165, 1.54) is 6.26 Å². The summed E-state index contributed by atoms with van der Waals surface area (Å²) in [5.41, 5.74) is 1.31. The number of aliphatic hydroxyl groups excluding tert-OH is 1. The van der Waals surface area contributed by atoms with Crippen LogP contribution in [0.25, 0.3) is 0 Å². The lowest BCUT2D eigenvalue weighted by Gasteiger charge is -2.22. The van der Waals surface area contributed by atoms with Gasteiger partial charge in [-0.15, -0.1) is 0 Å². The lowest BCUT2D eigenvalue weighted by molar-refractivity contribution is 0.0704. The van der Waals surface area contributed by atoms with Crippen molar-refractivity contribution in [3.8, 4) is 5.75 Å². The summed E-state index contributed by atoms with van der Waals surface area (Å²) in [6, 6.07) is 9.07. The molecule has 1 heterocycles. The standard InChI is InChI=1S/C15H16BrNO4/c1-20-13-5-3-2-4-11(13)10-17(7-8-18)15(19)12-6-9-21-14(12)16/h2-6,9,18H,7-8,10H2,1H3. The van der Waals surface area contributed by atoms with Crippen molar-refractivity contribution in [3.63, 3.8) is 0 Å². The highest BCUT2D eigenvalue weighted by Gasteiger charge is 2.21. The molecule has 0 unspecified atom stereocenters. The fraction of sp³-hybridized carbons (Fsp3) is 0.267. The molecule has 0 saturated carbocycles. The molecule has 1 amide bonds. The Hall–Kier alpha value is -1.79. The van der Waals surface area contributed by atoms with Crippen LogP contribution in [0.4, 0.5) is 0 Å². The van der Waals surface area contributed by atoms with Crippen LogP contribution >= 0.6 is 15.9 Å². The molecule has 0 aliphatic carbocycles. The molecule has 2 aromatic rings. The number of halogens is 1. The number of carbonyl (C=O) groups excluding carboxylic acids is 1. The molecule has 1 aromatic heterocycles. The lowest BCUT2D eigenvalue weighted by atomic mass is 10.1. The van der Waals surface area contributed by atoms with Crippen molar-refractivity contribution in [3.05, 3.63) is 52.4 Å². The third-order valence-electron chi connectivity index (χ3n) is 3.06. The van der Waals surface area contributed by atoms with Gasteiger partial charge in [0.15, 0.2) is 4.67 Å². The Morgan fingerprint density at radius 1 is 1.38 bits per heavy atom. The molecule has 21 heavy (non-hydrogen) atoms. The van der Waals surface area contributed by atoms with Crippen LogP contribution in [0, 0.1) is 0 Å². The summed E-state index contributed by atoms with van der Waals surface area (Å²) in [7, 11) is 1.59. The van der Waals surface area contributed by atoms with E-state index in [1.807, 2.05) is 24.3 Å². The highest BCUT2D eigenvalue weighted by atomic mass is 79.9. The molecule has 0 fully saturated rings. The number of methoxy groups -OCH3 is 1. The zero-order chi connectivity index (χ0) is 15.2. The predicted octanol–water partition coefficient (Wildman–Crippen LogP) is 2.69. The van der Waals surface area contributed by atoms with E-state index in [0.717, 1.165) is 5.56 Å². The molecule has 0 aliphatic heterocycles. The molecule has 6 heteroatoms. The van der Waals surface area contributed by atoms with Crippen molar-refractivity contribution in [2.24, 2.45) is 0 Å². The third-order valence-corrected chi connectivity index (χ3v) is 3.67. The van der Waals surface area contributed by atoms with Gasteiger partial charge in [-0.1, -0.05) is 18.2 Å². The van der Waals surface area contributed by atoms with E-state index >= 15 is 0 Å². The second-order valence-corrected chi connectivity index (χ2v) is 5.09. The first kappa shape index (κ1) is 15.6. The van der Waals surface area contributed by atoms with E-state index in [9.17, 15) is 9.90 Å². The van der Waals surface area contributed by atoms with Gasteiger partial charge in [0, 0.05) is 18.7 Å². The summed E-state index contributed by atoms with van der Waals surface area (Å²) in [6.07, 6.45) is 1.44. The minimum atomic E-state index is -0.212. The predicted molar refractivity (Wildman–Crippen MR) is 81.2 cm³/mol. The van der Waals surface area contributed by atoms with E-state index in [-0.39, 0.29) is 19.1 Å². The molecule has 1 N–H and O–H groups in total. The monoisotopic (exact) mass is 353 g/mol. The maximum absolute atomic E-state index is 12.5. The van der Waals surface area contributed by atoms with Gasteiger partial charge in [-0.05, 0) is 28.1 Å². The number of hydrogen-bond acceptors (Lipinski definition) is 4. The Balaban J connectivity index is 2.23. The number of carbonyl (C=O) groups is 1. The van der Waals surface area contributed by atoms with Gasteiger partial charge >= 0.3 is 0 Å². The smallest absolute Gasteiger partial charge is 0.258 e. The van der Waals surface area contributed by atoms with Crippen LogP contribution in [-0.2, 0) is 6.54 Å². The second-order valence-electron chi connectivity index (χ2n) is 4.37. The van der Waals surface area contributed by atoms with Gasteiger partial charge in [-0.3, -0.25) is 4.79 Å². The van der Waals surface area contributed by atoms with Crippen LogP contribution in [-0.4, -0.2) is 36.2 Å². The van der Waals surface area contributed by atoms with Gasteiger partial charge in [0.05, 0.1) is 25.5 Å². The Labute approximate surface area is 131 Å². The van der Waals surface area contributed by atoms with Gasteiger partial charge in [-0.25, -0.2) is 0 Å². The summed E-state index contributed by atoms with van der Waals surface area (Å²) >= 11 is 3.20. The van der Waals surface area contributed by atoms with Gasteiger partial charge < -0.3 is 19.2 Å². The van der Waals surface area contributed by atoms with Crippen molar-refractivity contribution in [1.29, 1.82) is 0 Å². The summed E-state index contributed by atoms with van der Waals surface area (Å²) in [5.74, 6) is 0.495. The summed E-state index contributed by atoms with van der Waals surface area (Å²) in [6.45, 7) is 0.464. The van der Waals surface area contributed by atoms with E-state index < -0.39 is 0 Å². The molecule has 2 rings (SSSR count). The molecule has 112 valence electrons. The molecule has 0 radical (unpaired) electrons. The second kappa shape index (κ2) is 7.28. The number of rotatable bonds is 6. The zero-order valence-electron chi connectivity index (χ0n) is 11.6. The average molecular weight is 354 g/mol. The number of aliphatic hydroxyl groups is 1. The molecule has 0 atom stereocenters. The Morgan fingerprint density at radius 2 is 2.14 bits per heavy atom. The molecule has 1 aromatic carbocycles. The minimum Gasteiger partial charge on any atom is -0.496 e.